The van der Waals surface area contributed by atoms with E-state index in [2.05, 4.69) is 9.71 Å². The molecule has 0 saturated carbocycles. The Morgan fingerprint density at radius 3 is 2.50 bits per heavy atom. The van der Waals surface area contributed by atoms with Crippen molar-refractivity contribution in [2.75, 3.05) is 4.72 Å². The van der Waals surface area contributed by atoms with Crippen molar-refractivity contribution in [3.63, 3.8) is 0 Å². The number of sulfonamides is 1. The van der Waals surface area contributed by atoms with E-state index in [4.69, 9.17) is 10.8 Å². The zero-order valence-electron chi connectivity index (χ0n) is 10.7. The second-order valence-electron chi connectivity index (χ2n) is 4.11. The second kappa shape index (κ2) is 6.00. The molecule has 0 spiro atoms. The minimum atomic E-state index is -3.73. The van der Waals surface area contributed by atoms with E-state index >= 15 is 0 Å². The van der Waals surface area contributed by atoms with Gasteiger partial charge in [-0.15, -0.1) is 0 Å². The van der Waals surface area contributed by atoms with E-state index in [0.29, 0.717) is 16.9 Å². The van der Waals surface area contributed by atoms with Crippen molar-refractivity contribution >= 4 is 15.7 Å². The number of nitrogens with one attached hydrogen (secondary N) is 1. The molecule has 4 N–H and O–H groups in total. The van der Waals surface area contributed by atoms with E-state index in [-0.39, 0.29) is 18.0 Å². The first-order valence-corrected chi connectivity index (χ1v) is 7.41. The summed E-state index contributed by atoms with van der Waals surface area (Å²) in [5, 5.41) is 8.95. The normalized spacial score (nSPS) is 11.3. The van der Waals surface area contributed by atoms with Crippen LogP contribution in [0.25, 0.3) is 0 Å². The van der Waals surface area contributed by atoms with Crippen molar-refractivity contribution < 1.29 is 13.5 Å². The lowest BCUT2D eigenvalue weighted by Crippen LogP contribution is -2.17. The van der Waals surface area contributed by atoms with Crippen LogP contribution in [0, 0.1) is 0 Å². The number of nitrogens with two attached hydrogens (primary N) is 1. The van der Waals surface area contributed by atoms with Gasteiger partial charge in [-0.25, -0.2) is 8.42 Å². The molecule has 0 fully saturated rings. The predicted molar refractivity (Wildman–Crippen MR) is 75.3 cm³/mol. The highest BCUT2D eigenvalue weighted by Crippen LogP contribution is 2.18. The van der Waals surface area contributed by atoms with Crippen molar-refractivity contribution in [2.45, 2.75) is 18.0 Å². The number of benzene rings is 1. The van der Waals surface area contributed by atoms with Crippen LogP contribution in [0.15, 0.2) is 47.5 Å². The highest BCUT2D eigenvalue weighted by molar-refractivity contribution is 7.92. The summed E-state index contributed by atoms with van der Waals surface area (Å²) in [4.78, 5) is 4.02. The number of anilines is 1. The molecule has 1 aromatic carbocycles. The van der Waals surface area contributed by atoms with Crippen LogP contribution >= 0.6 is 0 Å². The third kappa shape index (κ3) is 3.13. The van der Waals surface area contributed by atoms with Gasteiger partial charge in [-0.2, -0.15) is 0 Å². The van der Waals surface area contributed by atoms with Gasteiger partial charge in [0.2, 0.25) is 0 Å². The van der Waals surface area contributed by atoms with E-state index in [0.717, 1.165) is 0 Å². The Balaban J connectivity index is 2.30. The molecule has 0 radical (unpaired) electrons. The van der Waals surface area contributed by atoms with Gasteiger partial charge in [0.25, 0.3) is 10.0 Å². The summed E-state index contributed by atoms with van der Waals surface area (Å²) < 4.78 is 27.0. The molecule has 0 unspecified atom stereocenters. The van der Waals surface area contributed by atoms with Crippen LogP contribution in [-0.4, -0.2) is 18.5 Å². The average Bonchev–Trinajstić information content (AvgIpc) is 2.47. The number of rotatable bonds is 5. The van der Waals surface area contributed by atoms with Crippen molar-refractivity contribution in [1.29, 1.82) is 0 Å². The maximum absolute atomic E-state index is 12.3. The van der Waals surface area contributed by atoms with Gasteiger partial charge in [0.1, 0.15) is 4.90 Å². The van der Waals surface area contributed by atoms with Gasteiger partial charge in [0.05, 0.1) is 12.3 Å². The molecule has 7 heteroatoms. The summed E-state index contributed by atoms with van der Waals surface area (Å²) >= 11 is 0. The van der Waals surface area contributed by atoms with Gasteiger partial charge in [-0.1, -0.05) is 12.1 Å². The van der Waals surface area contributed by atoms with Crippen LogP contribution in [-0.2, 0) is 23.2 Å². The Morgan fingerprint density at radius 1 is 1.20 bits per heavy atom. The highest BCUT2D eigenvalue weighted by atomic mass is 32.2. The molecule has 0 aliphatic heterocycles. The number of hydrogen-bond donors (Lipinski definition) is 3. The molecule has 20 heavy (non-hydrogen) atoms. The fraction of sp³-hybridized carbons (Fsp3) is 0.154. The molecule has 0 aliphatic carbocycles. The Labute approximate surface area is 117 Å². The van der Waals surface area contributed by atoms with Crippen molar-refractivity contribution in [2.24, 2.45) is 5.73 Å². The SMILES string of the molecule is NCc1ncccc1S(=O)(=O)Nc1ccc(CO)cc1. The second-order valence-corrected chi connectivity index (χ2v) is 5.76. The Morgan fingerprint density at radius 2 is 1.90 bits per heavy atom. The minimum Gasteiger partial charge on any atom is -0.392 e. The monoisotopic (exact) mass is 293 g/mol. The smallest absolute Gasteiger partial charge is 0.263 e. The summed E-state index contributed by atoms with van der Waals surface area (Å²) in [6.45, 7) is -0.0481. The van der Waals surface area contributed by atoms with Gasteiger partial charge in [0, 0.05) is 18.4 Å². The average molecular weight is 293 g/mol. The standard InChI is InChI=1S/C13H15N3O3S/c14-8-12-13(2-1-7-15-12)20(18,19)16-11-5-3-10(9-17)4-6-11/h1-7,16-17H,8-9,14H2. The van der Waals surface area contributed by atoms with Gasteiger partial charge >= 0.3 is 0 Å². The zero-order chi connectivity index (χ0) is 14.6. The summed E-state index contributed by atoms with van der Waals surface area (Å²) in [6.07, 6.45) is 1.50. The van der Waals surface area contributed by atoms with Gasteiger partial charge < -0.3 is 10.8 Å². The third-order valence-electron chi connectivity index (χ3n) is 2.72. The van der Waals surface area contributed by atoms with E-state index in [1.165, 1.54) is 12.3 Å². The summed E-state index contributed by atoms with van der Waals surface area (Å²) in [6, 6.07) is 9.46. The molecule has 0 saturated heterocycles. The first-order valence-electron chi connectivity index (χ1n) is 5.93. The van der Waals surface area contributed by atoms with Gasteiger partial charge in [-0.05, 0) is 29.8 Å². The van der Waals surface area contributed by atoms with E-state index < -0.39 is 10.0 Å². The van der Waals surface area contributed by atoms with E-state index in [1.807, 2.05) is 0 Å². The number of aromatic nitrogens is 1. The largest absolute Gasteiger partial charge is 0.392 e. The zero-order valence-corrected chi connectivity index (χ0v) is 11.5. The summed E-state index contributed by atoms with van der Waals surface area (Å²) in [7, 11) is -3.73. The first-order chi connectivity index (χ1) is 9.56. The number of aliphatic hydroxyl groups is 1. The Hall–Kier alpha value is -1.96. The van der Waals surface area contributed by atoms with Crippen LogP contribution in [0.4, 0.5) is 5.69 Å². The molecular weight excluding hydrogens is 278 g/mol. The van der Waals surface area contributed by atoms with Crippen LogP contribution in [0.5, 0.6) is 0 Å². The van der Waals surface area contributed by atoms with Crippen molar-refractivity contribution in [3.8, 4) is 0 Å². The number of nitrogens with zero attached hydrogens (tertiary/aromatic N) is 1. The maximum atomic E-state index is 12.3. The molecule has 6 nitrogen and oxygen atoms in total. The van der Waals surface area contributed by atoms with Crippen LogP contribution in [0.2, 0.25) is 0 Å². The van der Waals surface area contributed by atoms with E-state index in [1.54, 1.807) is 30.3 Å². The molecular formula is C13H15N3O3S. The van der Waals surface area contributed by atoms with Crippen molar-refractivity contribution in [1.82, 2.24) is 4.98 Å². The third-order valence-corrected chi connectivity index (χ3v) is 4.18. The molecule has 106 valence electrons. The van der Waals surface area contributed by atoms with Crippen LogP contribution in [0.1, 0.15) is 11.3 Å². The lowest BCUT2D eigenvalue weighted by Gasteiger charge is -2.10. The van der Waals surface area contributed by atoms with Crippen LogP contribution in [0.3, 0.4) is 0 Å². The molecule has 1 aromatic heterocycles. The lowest BCUT2D eigenvalue weighted by molar-refractivity contribution is 0.282. The molecule has 1 heterocycles. The Bertz CT molecular complexity index is 684. The highest BCUT2D eigenvalue weighted by Gasteiger charge is 2.18. The molecule has 0 bridgehead atoms. The van der Waals surface area contributed by atoms with Gasteiger partial charge in [-0.3, -0.25) is 9.71 Å². The maximum Gasteiger partial charge on any atom is 0.263 e. The number of hydrogen-bond acceptors (Lipinski definition) is 5. The Kier molecular flexibility index (Phi) is 4.33. The summed E-state index contributed by atoms with van der Waals surface area (Å²) in [5.41, 5.74) is 6.92. The molecule has 2 rings (SSSR count). The fourth-order valence-corrected chi connectivity index (χ4v) is 2.97. The minimum absolute atomic E-state index is 0.0422. The fourth-order valence-electron chi connectivity index (χ4n) is 1.71. The molecule has 0 amide bonds. The van der Waals surface area contributed by atoms with Crippen LogP contribution < -0.4 is 10.5 Å². The molecule has 2 aromatic rings. The summed E-state index contributed by atoms with van der Waals surface area (Å²) in [5.74, 6) is 0. The van der Waals surface area contributed by atoms with E-state index in [9.17, 15) is 8.42 Å². The number of aliphatic hydroxyl groups excluding tert-OH is 1. The predicted octanol–water partition coefficient (Wildman–Crippen LogP) is 0.833. The van der Waals surface area contributed by atoms with Crippen molar-refractivity contribution in [3.05, 3.63) is 53.9 Å². The topological polar surface area (TPSA) is 105 Å². The first kappa shape index (κ1) is 14.4. The quantitative estimate of drug-likeness (QED) is 0.757. The lowest BCUT2D eigenvalue weighted by atomic mass is 10.2. The molecule has 0 atom stereocenters. The molecule has 0 aliphatic rings. The van der Waals surface area contributed by atoms with Gasteiger partial charge in [0.15, 0.2) is 0 Å². The number of pyridine rings is 1.